The zero-order chi connectivity index (χ0) is 15.1. The highest BCUT2D eigenvalue weighted by atomic mass is 16.5. The summed E-state index contributed by atoms with van der Waals surface area (Å²) < 4.78 is 11.0. The first kappa shape index (κ1) is 15.8. The fourth-order valence-electron chi connectivity index (χ4n) is 2.10. The summed E-state index contributed by atoms with van der Waals surface area (Å²) in [6.45, 7) is 7.82. The summed E-state index contributed by atoms with van der Waals surface area (Å²) in [5, 5.41) is 6.07. The molecule has 2 N–H and O–H groups in total. The first-order valence-corrected chi connectivity index (χ1v) is 7.49. The molecule has 1 aliphatic rings. The summed E-state index contributed by atoms with van der Waals surface area (Å²) >= 11 is 0. The molecule has 2 rings (SSSR count). The van der Waals surface area contributed by atoms with Crippen molar-refractivity contribution in [3.63, 3.8) is 0 Å². The topological polar surface area (TPSA) is 59.6 Å². The largest absolute Gasteiger partial charge is 0.491 e. The Morgan fingerprint density at radius 2 is 2.19 bits per heavy atom. The van der Waals surface area contributed by atoms with Gasteiger partial charge in [-0.1, -0.05) is 12.1 Å². The van der Waals surface area contributed by atoms with Crippen molar-refractivity contribution in [1.29, 1.82) is 0 Å². The molecule has 1 saturated heterocycles. The fourth-order valence-corrected chi connectivity index (χ4v) is 2.10. The van der Waals surface area contributed by atoms with E-state index < -0.39 is 0 Å². The second-order valence-corrected chi connectivity index (χ2v) is 5.23. The average Bonchev–Trinajstić information content (AvgIpc) is 2.41. The van der Waals surface area contributed by atoms with Gasteiger partial charge in [-0.05, 0) is 25.5 Å². The van der Waals surface area contributed by atoms with Gasteiger partial charge in [0.05, 0.1) is 12.5 Å². The van der Waals surface area contributed by atoms with Crippen LogP contribution in [0.1, 0.15) is 18.1 Å². The van der Waals surface area contributed by atoms with E-state index in [0.29, 0.717) is 26.4 Å². The lowest BCUT2D eigenvalue weighted by Gasteiger charge is -2.26. The van der Waals surface area contributed by atoms with E-state index in [9.17, 15) is 4.79 Å². The maximum Gasteiger partial charge on any atom is 0.225 e. The first-order valence-electron chi connectivity index (χ1n) is 7.49. The molecular formula is C16H24N2O3. The number of rotatable bonds is 8. The standard InChI is InChI=1S/C16H24N2O3/c1-3-20-6-7-21-15-8-12(2)4-5-13(15)11-18-16(19)14-9-17-10-14/h4-5,8,14,17H,3,6-7,9-11H2,1-2H3,(H,18,19). The summed E-state index contributed by atoms with van der Waals surface area (Å²) in [6.07, 6.45) is 0. The third-order valence-corrected chi connectivity index (χ3v) is 3.52. The van der Waals surface area contributed by atoms with Gasteiger partial charge in [-0.3, -0.25) is 4.79 Å². The summed E-state index contributed by atoms with van der Waals surface area (Å²) in [5.41, 5.74) is 2.14. The fraction of sp³-hybridized carbons (Fsp3) is 0.562. The lowest BCUT2D eigenvalue weighted by molar-refractivity contribution is -0.126. The molecule has 0 aliphatic carbocycles. The molecule has 21 heavy (non-hydrogen) atoms. The van der Waals surface area contributed by atoms with Gasteiger partial charge in [-0.25, -0.2) is 0 Å². The SMILES string of the molecule is CCOCCOc1cc(C)ccc1CNC(=O)C1CNC1. The van der Waals surface area contributed by atoms with Gasteiger partial charge >= 0.3 is 0 Å². The van der Waals surface area contributed by atoms with Crippen molar-refractivity contribution in [2.45, 2.75) is 20.4 Å². The van der Waals surface area contributed by atoms with Gasteiger partial charge in [-0.15, -0.1) is 0 Å². The number of hydrogen-bond donors (Lipinski definition) is 2. The van der Waals surface area contributed by atoms with E-state index in [-0.39, 0.29) is 11.8 Å². The molecule has 1 aromatic carbocycles. The molecule has 1 fully saturated rings. The van der Waals surface area contributed by atoms with Crippen molar-refractivity contribution >= 4 is 5.91 Å². The van der Waals surface area contributed by atoms with Gasteiger partial charge in [-0.2, -0.15) is 0 Å². The molecule has 0 aromatic heterocycles. The lowest BCUT2D eigenvalue weighted by Crippen LogP contribution is -2.50. The molecule has 5 heteroatoms. The van der Waals surface area contributed by atoms with Crippen LogP contribution in [0.15, 0.2) is 18.2 Å². The number of amides is 1. The van der Waals surface area contributed by atoms with Crippen LogP contribution in [0.4, 0.5) is 0 Å². The summed E-state index contributed by atoms with van der Waals surface area (Å²) in [6, 6.07) is 6.03. The molecule has 1 heterocycles. The predicted octanol–water partition coefficient (Wildman–Crippen LogP) is 1.25. The van der Waals surface area contributed by atoms with Crippen LogP contribution in [0, 0.1) is 12.8 Å². The molecule has 0 bridgehead atoms. The van der Waals surface area contributed by atoms with E-state index in [4.69, 9.17) is 9.47 Å². The van der Waals surface area contributed by atoms with E-state index in [1.54, 1.807) is 0 Å². The molecule has 0 spiro atoms. The number of hydrogen-bond acceptors (Lipinski definition) is 4. The monoisotopic (exact) mass is 292 g/mol. The van der Waals surface area contributed by atoms with Crippen molar-refractivity contribution in [3.8, 4) is 5.75 Å². The molecule has 1 amide bonds. The van der Waals surface area contributed by atoms with Crippen LogP contribution in [0.25, 0.3) is 0 Å². The van der Waals surface area contributed by atoms with E-state index >= 15 is 0 Å². The minimum Gasteiger partial charge on any atom is -0.491 e. The van der Waals surface area contributed by atoms with Gasteiger partial charge in [0, 0.05) is 31.8 Å². The van der Waals surface area contributed by atoms with Crippen LogP contribution < -0.4 is 15.4 Å². The van der Waals surface area contributed by atoms with Gasteiger partial charge in [0.2, 0.25) is 5.91 Å². The predicted molar refractivity (Wildman–Crippen MR) is 81.4 cm³/mol. The van der Waals surface area contributed by atoms with E-state index in [1.165, 1.54) is 0 Å². The van der Waals surface area contributed by atoms with Crippen LogP contribution in [-0.2, 0) is 16.1 Å². The van der Waals surface area contributed by atoms with Crippen molar-refractivity contribution in [3.05, 3.63) is 29.3 Å². The number of carbonyl (C=O) groups excluding carboxylic acids is 1. The number of ether oxygens (including phenoxy) is 2. The van der Waals surface area contributed by atoms with E-state index in [0.717, 1.165) is 30.0 Å². The van der Waals surface area contributed by atoms with E-state index in [2.05, 4.69) is 10.6 Å². The summed E-state index contributed by atoms with van der Waals surface area (Å²) in [4.78, 5) is 11.9. The quantitative estimate of drug-likeness (QED) is 0.708. The highest BCUT2D eigenvalue weighted by molar-refractivity contribution is 5.80. The Bertz CT molecular complexity index is 473. The molecule has 0 saturated carbocycles. The van der Waals surface area contributed by atoms with Gasteiger partial charge in [0.1, 0.15) is 12.4 Å². The second-order valence-electron chi connectivity index (χ2n) is 5.23. The minimum absolute atomic E-state index is 0.106. The number of aryl methyl sites for hydroxylation is 1. The number of nitrogens with one attached hydrogen (secondary N) is 2. The summed E-state index contributed by atoms with van der Waals surface area (Å²) in [5.74, 6) is 1.04. The highest BCUT2D eigenvalue weighted by Gasteiger charge is 2.24. The van der Waals surface area contributed by atoms with Crippen molar-refractivity contribution in [2.75, 3.05) is 32.9 Å². The summed E-state index contributed by atoms with van der Waals surface area (Å²) in [7, 11) is 0. The van der Waals surface area contributed by atoms with Gasteiger partial charge in [0.25, 0.3) is 0 Å². The highest BCUT2D eigenvalue weighted by Crippen LogP contribution is 2.20. The van der Waals surface area contributed by atoms with Crippen LogP contribution >= 0.6 is 0 Å². The Labute approximate surface area is 126 Å². The maximum atomic E-state index is 11.9. The molecule has 0 unspecified atom stereocenters. The Hall–Kier alpha value is -1.59. The Morgan fingerprint density at radius 3 is 2.86 bits per heavy atom. The first-order chi connectivity index (χ1) is 10.2. The zero-order valence-corrected chi connectivity index (χ0v) is 12.8. The Morgan fingerprint density at radius 1 is 1.38 bits per heavy atom. The van der Waals surface area contributed by atoms with Gasteiger partial charge < -0.3 is 20.1 Å². The van der Waals surface area contributed by atoms with Crippen LogP contribution in [0.3, 0.4) is 0 Å². The van der Waals surface area contributed by atoms with Crippen molar-refractivity contribution < 1.29 is 14.3 Å². The molecule has 5 nitrogen and oxygen atoms in total. The molecule has 0 atom stereocenters. The third kappa shape index (κ3) is 4.72. The zero-order valence-electron chi connectivity index (χ0n) is 12.8. The Balaban J connectivity index is 1.89. The van der Waals surface area contributed by atoms with Crippen LogP contribution in [0.2, 0.25) is 0 Å². The van der Waals surface area contributed by atoms with Crippen molar-refractivity contribution in [1.82, 2.24) is 10.6 Å². The molecule has 0 radical (unpaired) electrons. The van der Waals surface area contributed by atoms with Crippen LogP contribution in [0.5, 0.6) is 5.75 Å². The number of benzene rings is 1. The van der Waals surface area contributed by atoms with Gasteiger partial charge in [0.15, 0.2) is 0 Å². The Kier molecular flexibility index (Phi) is 6.02. The smallest absolute Gasteiger partial charge is 0.225 e. The average molecular weight is 292 g/mol. The maximum absolute atomic E-state index is 11.9. The van der Waals surface area contributed by atoms with E-state index in [1.807, 2.05) is 32.0 Å². The normalized spacial score (nSPS) is 14.6. The second kappa shape index (κ2) is 8.00. The number of carbonyl (C=O) groups is 1. The third-order valence-electron chi connectivity index (χ3n) is 3.52. The molecule has 1 aromatic rings. The lowest BCUT2D eigenvalue weighted by atomic mass is 10.0. The molecule has 1 aliphatic heterocycles. The van der Waals surface area contributed by atoms with Crippen LogP contribution in [-0.4, -0.2) is 38.8 Å². The molecular weight excluding hydrogens is 268 g/mol. The van der Waals surface area contributed by atoms with Crippen molar-refractivity contribution in [2.24, 2.45) is 5.92 Å². The molecule has 116 valence electrons. The minimum atomic E-state index is 0.106.